The standard InChI is InChI=1S/C15H25NOS/c1-11(2)9-18-10-15(16)13-5-7-14(8-6-13)17-12(3)4/h5-8,11-12,15H,9-10,16H2,1-4H3. The number of benzene rings is 1. The van der Waals surface area contributed by atoms with Crippen LogP contribution in [0.15, 0.2) is 24.3 Å². The van der Waals surface area contributed by atoms with E-state index in [9.17, 15) is 0 Å². The summed E-state index contributed by atoms with van der Waals surface area (Å²) in [4.78, 5) is 0. The molecule has 0 saturated heterocycles. The van der Waals surface area contributed by atoms with Crippen molar-refractivity contribution < 1.29 is 4.74 Å². The van der Waals surface area contributed by atoms with E-state index in [1.165, 1.54) is 11.3 Å². The zero-order valence-corrected chi connectivity index (χ0v) is 12.7. The van der Waals surface area contributed by atoms with Crippen molar-refractivity contribution in [2.75, 3.05) is 11.5 Å². The second-order valence-corrected chi connectivity index (χ2v) is 6.35. The number of hydrogen-bond donors (Lipinski definition) is 1. The lowest BCUT2D eigenvalue weighted by Gasteiger charge is -2.14. The lowest BCUT2D eigenvalue weighted by Crippen LogP contribution is -2.14. The fourth-order valence-corrected chi connectivity index (χ4v) is 2.65. The molecule has 0 bridgehead atoms. The first-order chi connectivity index (χ1) is 8.49. The van der Waals surface area contributed by atoms with E-state index in [1.807, 2.05) is 37.7 Å². The van der Waals surface area contributed by atoms with Gasteiger partial charge in [0.2, 0.25) is 0 Å². The first-order valence-corrected chi connectivity index (χ1v) is 7.74. The first-order valence-electron chi connectivity index (χ1n) is 6.59. The summed E-state index contributed by atoms with van der Waals surface area (Å²) < 4.78 is 5.62. The molecule has 0 saturated carbocycles. The van der Waals surface area contributed by atoms with E-state index < -0.39 is 0 Å². The Morgan fingerprint density at radius 2 is 1.67 bits per heavy atom. The summed E-state index contributed by atoms with van der Waals surface area (Å²) in [6.07, 6.45) is 0.214. The van der Waals surface area contributed by atoms with Crippen molar-refractivity contribution in [2.45, 2.75) is 39.8 Å². The van der Waals surface area contributed by atoms with Crippen LogP contribution in [0.2, 0.25) is 0 Å². The van der Waals surface area contributed by atoms with Crippen molar-refractivity contribution >= 4 is 11.8 Å². The molecule has 0 heterocycles. The van der Waals surface area contributed by atoms with Crippen molar-refractivity contribution in [3.05, 3.63) is 29.8 Å². The maximum Gasteiger partial charge on any atom is 0.119 e. The van der Waals surface area contributed by atoms with Gasteiger partial charge in [0, 0.05) is 11.8 Å². The Kier molecular flexibility index (Phi) is 6.58. The second kappa shape index (κ2) is 7.70. The predicted octanol–water partition coefficient (Wildman–Crippen LogP) is 3.86. The number of nitrogens with two attached hydrogens (primary N) is 1. The molecular formula is C15H25NOS. The minimum Gasteiger partial charge on any atom is -0.491 e. The van der Waals surface area contributed by atoms with Crippen LogP contribution in [-0.2, 0) is 0 Å². The van der Waals surface area contributed by atoms with Crippen LogP contribution >= 0.6 is 11.8 Å². The normalized spacial score (nSPS) is 13.1. The van der Waals surface area contributed by atoms with Gasteiger partial charge in [-0.25, -0.2) is 0 Å². The van der Waals surface area contributed by atoms with Gasteiger partial charge >= 0.3 is 0 Å². The van der Waals surface area contributed by atoms with Gasteiger partial charge in [-0.3, -0.25) is 0 Å². The average Bonchev–Trinajstić information content (AvgIpc) is 2.28. The fourth-order valence-electron chi connectivity index (χ4n) is 1.59. The smallest absolute Gasteiger partial charge is 0.119 e. The number of thioether (sulfide) groups is 1. The van der Waals surface area contributed by atoms with E-state index in [2.05, 4.69) is 26.0 Å². The van der Waals surface area contributed by atoms with Crippen LogP contribution in [0.3, 0.4) is 0 Å². The molecule has 0 amide bonds. The summed E-state index contributed by atoms with van der Waals surface area (Å²) in [7, 11) is 0. The first kappa shape index (κ1) is 15.4. The van der Waals surface area contributed by atoms with Crippen LogP contribution in [0, 0.1) is 5.92 Å². The molecule has 0 aliphatic heterocycles. The highest BCUT2D eigenvalue weighted by Crippen LogP contribution is 2.21. The summed E-state index contributed by atoms with van der Waals surface area (Å²) in [6.45, 7) is 8.53. The van der Waals surface area contributed by atoms with Gasteiger partial charge in [0.1, 0.15) is 5.75 Å². The lowest BCUT2D eigenvalue weighted by molar-refractivity contribution is 0.242. The summed E-state index contributed by atoms with van der Waals surface area (Å²) in [6, 6.07) is 8.25. The van der Waals surface area contributed by atoms with Crippen molar-refractivity contribution in [2.24, 2.45) is 11.7 Å². The molecule has 1 atom stereocenters. The van der Waals surface area contributed by atoms with Gasteiger partial charge in [0.05, 0.1) is 6.10 Å². The Balaban J connectivity index is 2.46. The van der Waals surface area contributed by atoms with Crippen LogP contribution in [0.1, 0.15) is 39.3 Å². The molecule has 1 aromatic carbocycles. The van der Waals surface area contributed by atoms with Gasteiger partial charge in [0.15, 0.2) is 0 Å². The van der Waals surface area contributed by atoms with Gasteiger partial charge in [-0.05, 0) is 43.2 Å². The molecule has 0 aliphatic rings. The van der Waals surface area contributed by atoms with Gasteiger partial charge < -0.3 is 10.5 Å². The van der Waals surface area contributed by atoms with Crippen LogP contribution < -0.4 is 10.5 Å². The molecule has 102 valence electrons. The van der Waals surface area contributed by atoms with E-state index in [0.29, 0.717) is 0 Å². The number of rotatable bonds is 7. The monoisotopic (exact) mass is 267 g/mol. The minimum absolute atomic E-state index is 0.113. The number of ether oxygens (including phenoxy) is 1. The lowest BCUT2D eigenvalue weighted by atomic mass is 10.1. The summed E-state index contributed by atoms with van der Waals surface area (Å²) in [5, 5.41) is 0. The van der Waals surface area contributed by atoms with Crippen molar-refractivity contribution in [1.29, 1.82) is 0 Å². The highest BCUT2D eigenvalue weighted by molar-refractivity contribution is 7.99. The Labute approximate surface area is 115 Å². The summed E-state index contributed by atoms with van der Waals surface area (Å²) >= 11 is 1.92. The topological polar surface area (TPSA) is 35.2 Å². The third kappa shape index (κ3) is 5.78. The Morgan fingerprint density at radius 3 is 2.17 bits per heavy atom. The summed E-state index contributed by atoms with van der Waals surface area (Å²) in [5.41, 5.74) is 7.35. The van der Waals surface area contributed by atoms with Gasteiger partial charge in [0.25, 0.3) is 0 Å². The molecule has 2 N–H and O–H groups in total. The molecule has 3 heteroatoms. The minimum atomic E-state index is 0.113. The maximum absolute atomic E-state index is 6.17. The van der Waals surface area contributed by atoms with Crippen LogP contribution in [-0.4, -0.2) is 17.6 Å². The van der Waals surface area contributed by atoms with Gasteiger partial charge in [-0.1, -0.05) is 26.0 Å². The molecule has 1 rings (SSSR count). The molecule has 1 unspecified atom stereocenters. The van der Waals surface area contributed by atoms with Crippen molar-refractivity contribution in [1.82, 2.24) is 0 Å². The molecule has 1 aromatic rings. The van der Waals surface area contributed by atoms with E-state index in [1.54, 1.807) is 0 Å². The van der Waals surface area contributed by atoms with Gasteiger partial charge in [-0.2, -0.15) is 11.8 Å². The molecule has 2 nitrogen and oxygen atoms in total. The fraction of sp³-hybridized carbons (Fsp3) is 0.600. The largest absolute Gasteiger partial charge is 0.491 e. The van der Waals surface area contributed by atoms with Crippen LogP contribution in [0.5, 0.6) is 5.75 Å². The third-order valence-electron chi connectivity index (χ3n) is 2.43. The molecule has 0 radical (unpaired) electrons. The molecule has 0 aromatic heterocycles. The van der Waals surface area contributed by atoms with E-state index >= 15 is 0 Å². The summed E-state index contributed by atoms with van der Waals surface area (Å²) in [5.74, 6) is 3.78. The predicted molar refractivity (Wildman–Crippen MR) is 81.3 cm³/mol. The van der Waals surface area contributed by atoms with E-state index in [-0.39, 0.29) is 12.1 Å². The Morgan fingerprint density at radius 1 is 1.06 bits per heavy atom. The van der Waals surface area contributed by atoms with Gasteiger partial charge in [-0.15, -0.1) is 0 Å². The highest BCUT2D eigenvalue weighted by atomic mass is 32.2. The van der Waals surface area contributed by atoms with E-state index in [0.717, 1.165) is 17.4 Å². The second-order valence-electron chi connectivity index (χ2n) is 5.27. The van der Waals surface area contributed by atoms with Crippen molar-refractivity contribution in [3.63, 3.8) is 0 Å². The highest BCUT2D eigenvalue weighted by Gasteiger charge is 2.07. The van der Waals surface area contributed by atoms with Crippen LogP contribution in [0.4, 0.5) is 0 Å². The maximum atomic E-state index is 6.17. The molecule has 0 spiro atoms. The quantitative estimate of drug-likeness (QED) is 0.814. The molecular weight excluding hydrogens is 242 g/mol. The Hall–Kier alpha value is -0.670. The van der Waals surface area contributed by atoms with E-state index in [4.69, 9.17) is 10.5 Å². The zero-order valence-electron chi connectivity index (χ0n) is 11.8. The average molecular weight is 267 g/mol. The Bertz CT molecular complexity index is 335. The van der Waals surface area contributed by atoms with Crippen LogP contribution in [0.25, 0.3) is 0 Å². The van der Waals surface area contributed by atoms with Crippen molar-refractivity contribution in [3.8, 4) is 5.75 Å². The molecule has 0 aliphatic carbocycles. The zero-order chi connectivity index (χ0) is 13.5. The molecule has 0 fully saturated rings. The third-order valence-corrected chi connectivity index (χ3v) is 3.93. The SMILES string of the molecule is CC(C)CSCC(N)c1ccc(OC(C)C)cc1. The molecule has 18 heavy (non-hydrogen) atoms. The number of hydrogen-bond acceptors (Lipinski definition) is 3.